The van der Waals surface area contributed by atoms with Gasteiger partial charge in [0.15, 0.2) is 5.69 Å². The highest BCUT2D eigenvalue weighted by Crippen LogP contribution is 2.16. The Hall–Kier alpha value is -0.880. The third-order valence-corrected chi connectivity index (χ3v) is 5.66. The van der Waals surface area contributed by atoms with Gasteiger partial charge in [-0.15, -0.1) is 0 Å². The second-order valence-electron chi connectivity index (χ2n) is 6.95. The fourth-order valence-electron chi connectivity index (χ4n) is 2.96. The third-order valence-electron chi connectivity index (χ3n) is 4.61. The maximum Gasteiger partial charge on any atom is 0.261 e. The van der Waals surface area contributed by atoms with E-state index in [-0.39, 0.29) is 24.0 Å². The van der Waals surface area contributed by atoms with Gasteiger partial charge in [-0.2, -0.15) is 4.57 Å². The molecule has 0 saturated carbocycles. The van der Waals surface area contributed by atoms with Crippen molar-refractivity contribution in [3.05, 3.63) is 45.9 Å². The normalized spacial score (nSPS) is 10.9. The van der Waals surface area contributed by atoms with Crippen molar-refractivity contribution in [2.75, 3.05) is 19.0 Å². The molecular weight excluding hydrogens is 451 g/mol. The van der Waals surface area contributed by atoms with Crippen molar-refractivity contribution in [1.29, 1.82) is 0 Å². The second-order valence-corrected chi connectivity index (χ2v) is 7.84. The van der Waals surface area contributed by atoms with Crippen LogP contribution in [0, 0.1) is 6.92 Å². The van der Waals surface area contributed by atoms with Crippen LogP contribution in [-0.4, -0.2) is 14.1 Å². The van der Waals surface area contributed by atoms with Crippen molar-refractivity contribution < 1.29 is 28.5 Å². The van der Waals surface area contributed by atoms with E-state index in [1.165, 1.54) is 60.5 Å². The Morgan fingerprint density at radius 1 is 0.962 bits per heavy atom. The quantitative estimate of drug-likeness (QED) is 0.286. The molecule has 2 aromatic rings. The second kappa shape index (κ2) is 12.5. The topological polar surface area (TPSA) is 7.12 Å². The number of nitrogens with zero attached hydrogens (tertiary/aromatic N) is 2. The predicted octanol–water partition coefficient (Wildman–Crippen LogP) is 2.94. The summed E-state index contributed by atoms with van der Waals surface area (Å²) in [6.07, 6.45) is 12.6. The van der Waals surface area contributed by atoms with Crippen molar-refractivity contribution in [2.24, 2.45) is 0 Å². The van der Waals surface area contributed by atoms with Crippen molar-refractivity contribution in [3.8, 4) is 0 Å². The Morgan fingerprint density at radius 3 is 2.27 bits per heavy atom. The smallest absolute Gasteiger partial charge is 0.261 e. The number of hydrogen-bond donors (Lipinski definition) is 0. The summed E-state index contributed by atoms with van der Waals surface area (Å²) >= 11 is 1.84. The molecule has 0 aliphatic heterocycles. The highest BCUT2D eigenvalue weighted by Gasteiger charge is 2.14. The number of aromatic nitrogens is 1. The monoisotopic (exact) mass is 484 g/mol. The van der Waals surface area contributed by atoms with Gasteiger partial charge in [0.2, 0.25) is 0 Å². The molecule has 1 aromatic heterocycles. The SMILES string of the molecule is CCCCCCCC[n+]1c(C)csc1/C=C/c1ccc(N(C)C)cc1.[I-]. The molecule has 0 fully saturated rings. The van der Waals surface area contributed by atoms with E-state index >= 15 is 0 Å². The van der Waals surface area contributed by atoms with Crippen LogP contribution in [0.2, 0.25) is 0 Å². The first-order valence-corrected chi connectivity index (χ1v) is 10.4. The Bertz CT molecular complexity index is 659. The van der Waals surface area contributed by atoms with Crippen LogP contribution in [0.4, 0.5) is 5.69 Å². The van der Waals surface area contributed by atoms with Crippen LogP contribution in [0.3, 0.4) is 0 Å². The van der Waals surface area contributed by atoms with E-state index in [2.05, 4.69) is 79.2 Å². The molecule has 0 aliphatic carbocycles. The molecule has 1 aromatic carbocycles. The zero-order valence-electron chi connectivity index (χ0n) is 16.7. The summed E-state index contributed by atoms with van der Waals surface area (Å²) in [6, 6.07) is 8.71. The molecule has 0 atom stereocenters. The van der Waals surface area contributed by atoms with Crippen LogP contribution in [0.25, 0.3) is 12.2 Å². The van der Waals surface area contributed by atoms with E-state index in [4.69, 9.17) is 0 Å². The molecular formula is C22H33IN2S. The highest BCUT2D eigenvalue weighted by molar-refractivity contribution is 7.10. The maximum absolute atomic E-state index is 2.47. The molecule has 0 aliphatic rings. The summed E-state index contributed by atoms with van der Waals surface area (Å²) in [5, 5.41) is 3.62. The first-order valence-electron chi connectivity index (χ1n) is 9.55. The molecule has 0 spiro atoms. The number of benzene rings is 1. The molecule has 0 amide bonds. The van der Waals surface area contributed by atoms with E-state index in [9.17, 15) is 0 Å². The van der Waals surface area contributed by atoms with E-state index < -0.39 is 0 Å². The molecule has 2 rings (SSSR count). The van der Waals surface area contributed by atoms with Crippen LogP contribution >= 0.6 is 11.3 Å². The molecule has 2 nitrogen and oxygen atoms in total. The van der Waals surface area contributed by atoms with Crippen LogP contribution in [0.15, 0.2) is 29.6 Å². The van der Waals surface area contributed by atoms with E-state index in [1.807, 2.05) is 11.3 Å². The van der Waals surface area contributed by atoms with Crippen molar-refractivity contribution >= 4 is 29.2 Å². The van der Waals surface area contributed by atoms with Crippen LogP contribution in [0.1, 0.15) is 61.7 Å². The predicted molar refractivity (Wildman–Crippen MR) is 112 cm³/mol. The fraction of sp³-hybridized carbons (Fsp3) is 0.500. The number of hydrogen-bond acceptors (Lipinski definition) is 2. The first-order chi connectivity index (χ1) is 12.1. The number of unbranched alkanes of at least 4 members (excludes halogenated alkanes) is 5. The fourth-order valence-corrected chi connectivity index (χ4v) is 3.89. The molecule has 4 heteroatoms. The molecule has 26 heavy (non-hydrogen) atoms. The van der Waals surface area contributed by atoms with Crippen molar-refractivity contribution in [1.82, 2.24) is 0 Å². The summed E-state index contributed by atoms with van der Waals surface area (Å²) in [4.78, 5) is 2.13. The highest BCUT2D eigenvalue weighted by atomic mass is 127. The van der Waals surface area contributed by atoms with Crippen molar-refractivity contribution in [3.63, 3.8) is 0 Å². The standard InChI is InChI=1S/C22H33N2S.HI/c1-5-6-7-8-9-10-17-24-19(2)18-25-22(24)16-13-20-11-14-21(15-12-20)23(3)4;/h11-16,18H,5-10,17H2,1-4H3;1H/q+1;/p-1. The summed E-state index contributed by atoms with van der Waals surface area (Å²) in [6.45, 7) is 5.63. The lowest BCUT2D eigenvalue weighted by molar-refractivity contribution is -0.700. The van der Waals surface area contributed by atoms with Gasteiger partial charge in [0, 0.05) is 39.2 Å². The first kappa shape index (κ1) is 23.2. The average molecular weight is 484 g/mol. The van der Waals surface area contributed by atoms with Gasteiger partial charge < -0.3 is 28.9 Å². The minimum Gasteiger partial charge on any atom is -1.00 e. The lowest BCUT2D eigenvalue weighted by Crippen LogP contribution is -3.00. The Balaban J connectivity index is 0.00000338. The Kier molecular flexibility index (Phi) is 11.1. The van der Waals surface area contributed by atoms with Crippen LogP contribution in [0.5, 0.6) is 0 Å². The van der Waals surface area contributed by atoms with Crippen LogP contribution in [-0.2, 0) is 6.54 Å². The summed E-state index contributed by atoms with van der Waals surface area (Å²) < 4.78 is 2.47. The van der Waals surface area contributed by atoms with Gasteiger partial charge in [-0.05, 0) is 30.2 Å². The van der Waals surface area contributed by atoms with E-state index in [0.29, 0.717) is 0 Å². The molecule has 0 bridgehead atoms. The molecule has 1 heterocycles. The zero-order valence-corrected chi connectivity index (χ0v) is 19.6. The summed E-state index contributed by atoms with van der Waals surface area (Å²) in [5.74, 6) is 0. The van der Waals surface area contributed by atoms with E-state index in [0.717, 1.165) is 6.54 Å². The van der Waals surface area contributed by atoms with Crippen molar-refractivity contribution in [2.45, 2.75) is 58.9 Å². The summed E-state index contributed by atoms with van der Waals surface area (Å²) in [5.41, 5.74) is 3.87. The van der Waals surface area contributed by atoms with Gasteiger partial charge in [0.05, 0.1) is 5.38 Å². The van der Waals surface area contributed by atoms with Gasteiger partial charge in [0.1, 0.15) is 6.54 Å². The number of halogens is 1. The molecule has 0 unspecified atom stereocenters. The minimum atomic E-state index is 0. The van der Waals surface area contributed by atoms with Gasteiger partial charge in [-0.1, -0.05) is 56.1 Å². The van der Waals surface area contributed by atoms with Gasteiger partial charge in [-0.3, -0.25) is 0 Å². The molecule has 0 saturated heterocycles. The van der Waals surface area contributed by atoms with E-state index in [1.54, 1.807) is 0 Å². The molecule has 144 valence electrons. The Labute approximate surface area is 181 Å². The lowest BCUT2D eigenvalue weighted by Gasteiger charge is -2.11. The Morgan fingerprint density at radius 2 is 1.62 bits per heavy atom. The molecule has 0 radical (unpaired) electrons. The largest absolute Gasteiger partial charge is 1.00 e. The average Bonchev–Trinajstić information content (AvgIpc) is 2.96. The maximum atomic E-state index is 2.47. The third kappa shape index (κ3) is 7.39. The van der Waals surface area contributed by atoms with Gasteiger partial charge >= 0.3 is 0 Å². The number of rotatable bonds is 10. The number of anilines is 1. The minimum absolute atomic E-state index is 0. The van der Waals surface area contributed by atoms with Gasteiger partial charge in [0.25, 0.3) is 5.01 Å². The molecule has 0 N–H and O–H groups in total. The summed E-state index contributed by atoms with van der Waals surface area (Å²) in [7, 11) is 4.15. The number of thiazole rings is 1. The number of aryl methyl sites for hydroxylation is 1. The zero-order chi connectivity index (χ0) is 18.1. The lowest BCUT2D eigenvalue weighted by atomic mass is 10.1. The van der Waals surface area contributed by atoms with Crippen LogP contribution < -0.4 is 33.4 Å². The van der Waals surface area contributed by atoms with Gasteiger partial charge in [-0.25, -0.2) is 0 Å².